The van der Waals surface area contributed by atoms with Crippen LogP contribution in [0.3, 0.4) is 0 Å². The van der Waals surface area contributed by atoms with Gasteiger partial charge in [-0.3, -0.25) is 10.1 Å². The van der Waals surface area contributed by atoms with Crippen molar-refractivity contribution < 1.29 is 32.6 Å². The molecule has 0 aliphatic heterocycles. The molecule has 0 atom stereocenters. The minimum Gasteiger partial charge on any atom is -0.495 e. The smallest absolute Gasteiger partial charge is 0.335 e. The molecule has 0 bridgehead atoms. The predicted molar refractivity (Wildman–Crippen MR) is 69.7 cm³/mol. The number of carbonyl (C=O) groups is 3. The van der Waals surface area contributed by atoms with Crippen molar-refractivity contribution in [3.8, 4) is 5.75 Å². The standard InChI is InChI=1S/C11H12N2O7S/c1-20-7-3-2-6(10(15)16)4-8(7)21(18,19)5-9(14)13-11(12)17/h2-4H,5H2,1H3,(H,15,16)(H3,12,13,14,17). The Hall–Kier alpha value is -2.62. The van der Waals surface area contributed by atoms with E-state index in [4.69, 9.17) is 15.6 Å². The van der Waals surface area contributed by atoms with Gasteiger partial charge in [-0.05, 0) is 18.2 Å². The van der Waals surface area contributed by atoms with Crippen LogP contribution in [0.2, 0.25) is 0 Å². The fourth-order valence-corrected chi connectivity index (χ4v) is 2.81. The van der Waals surface area contributed by atoms with E-state index >= 15 is 0 Å². The van der Waals surface area contributed by atoms with Gasteiger partial charge in [-0.1, -0.05) is 0 Å². The molecule has 0 fully saturated rings. The summed E-state index contributed by atoms with van der Waals surface area (Å²) in [6, 6.07) is 1.99. The number of urea groups is 1. The van der Waals surface area contributed by atoms with Gasteiger partial charge in [-0.2, -0.15) is 0 Å². The van der Waals surface area contributed by atoms with Crippen molar-refractivity contribution in [1.29, 1.82) is 0 Å². The van der Waals surface area contributed by atoms with Crippen LogP contribution in [0.5, 0.6) is 5.75 Å². The number of carbonyl (C=O) groups excluding carboxylic acids is 2. The summed E-state index contributed by atoms with van der Waals surface area (Å²) in [4.78, 5) is 32.2. The first-order valence-corrected chi connectivity index (χ1v) is 7.06. The molecule has 0 aromatic heterocycles. The zero-order valence-electron chi connectivity index (χ0n) is 10.8. The quantitative estimate of drug-likeness (QED) is 0.653. The first-order chi connectivity index (χ1) is 9.67. The maximum atomic E-state index is 12.1. The zero-order chi connectivity index (χ0) is 16.2. The van der Waals surface area contributed by atoms with E-state index in [0.717, 1.165) is 18.2 Å². The van der Waals surface area contributed by atoms with Crippen LogP contribution in [0.15, 0.2) is 23.1 Å². The van der Waals surface area contributed by atoms with Gasteiger partial charge in [0.2, 0.25) is 5.91 Å². The number of nitrogens with one attached hydrogen (secondary N) is 1. The molecule has 0 saturated carbocycles. The summed E-state index contributed by atoms with van der Waals surface area (Å²) in [5.41, 5.74) is 4.42. The highest BCUT2D eigenvalue weighted by atomic mass is 32.2. The second-order valence-electron chi connectivity index (χ2n) is 3.84. The SMILES string of the molecule is COc1ccc(C(=O)O)cc1S(=O)(=O)CC(=O)NC(N)=O. The zero-order valence-corrected chi connectivity index (χ0v) is 11.6. The van der Waals surface area contributed by atoms with Crippen molar-refractivity contribution in [3.05, 3.63) is 23.8 Å². The van der Waals surface area contributed by atoms with Crippen LogP contribution in [-0.2, 0) is 14.6 Å². The molecular formula is C11H12N2O7S. The number of rotatable bonds is 5. The average molecular weight is 316 g/mol. The van der Waals surface area contributed by atoms with Crippen LogP contribution in [0.25, 0.3) is 0 Å². The number of carboxylic acids is 1. The highest BCUT2D eigenvalue weighted by molar-refractivity contribution is 7.92. The summed E-state index contributed by atoms with van der Waals surface area (Å²) in [5.74, 6) is -3.66. The molecule has 1 aromatic carbocycles. The number of primary amides is 1. The number of nitrogens with two attached hydrogens (primary N) is 1. The predicted octanol–water partition coefficient (Wildman–Crippen LogP) is -0.638. The van der Waals surface area contributed by atoms with Crippen molar-refractivity contribution in [3.63, 3.8) is 0 Å². The molecule has 0 spiro atoms. The van der Waals surface area contributed by atoms with Crippen LogP contribution in [0.4, 0.5) is 4.79 Å². The Balaban J connectivity index is 3.23. The molecule has 21 heavy (non-hydrogen) atoms. The number of ether oxygens (including phenoxy) is 1. The second-order valence-corrected chi connectivity index (χ2v) is 5.80. The highest BCUT2D eigenvalue weighted by Gasteiger charge is 2.25. The van der Waals surface area contributed by atoms with E-state index in [0.29, 0.717) is 0 Å². The third kappa shape index (κ3) is 4.18. The molecule has 3 amide bonds. The fourth-order valence-electron chi connectivity index (χ4n) is 1.48. The number of methoxy groups -OCH3 is 1. The number of aromatic carboxylic acids is 1. The summed E-state index contributed by atoms with van der Waals surface area (Å²) in [6.07, 6.45) is 0. The molecule has 0 heterocycles. The fraction of sp³-hybridized carbons (Fsp3) is 0.182. The molecule has 114 valence electrons. The highest BCUT2D eigenvalue weighted by Crippen LogP contribution is 2.26. The summed E-state index contributed by atoms with van der Waals surface area (Å²) in [5, 5.41) is 10.5. The summed E-state index contributed by atoms with van der Waals surface area (Å²) < 4.78 is 29.0. The molecule has 1 rings (SSSR count). The van der Waals surface area contributed by atoms with Gasteiger partial charge < -0.3 is 15.6 Å². The first-order valence-electron chi connectivity index (χ1n) is 5.40. The number of amides is 3. The van der Waals surface area contributed by atoms with E-state index in [1.165, 1.54) is 7.11 Å². The molecular weight excluding hydrogens is 304 g/mol. The van der Waals surface area contributed by atoms with Gasteiger partial charge in [0, 0.05) is 0 Å². The summed E-state index contributed by atoms with van der Waals surface area (Å²) >= 11 is 0. The van der Waals surface area contributed by atoms with Gasteiger partial charge in [0.05, 0.1) is 12.7 Å². The van der Waals surface area contributed by atoms with Crippen molar-refractivity contribution in [2.45, 2.75) is 4.90 Å². The Morgan fingerprint density at radius 3 is 2.43 bits per heavy atom. The third-order valence-corrected chi connectivity index (χ3v) is 3.96. The van der Waals surface area contributed by atoms with Crippen LogP contribution < -0.4 is 15.8 Å². The lowest BCUT2D eigenvalue weighted by atomic mass is 10.2. The van der Waals surface area contributed by atoms with E-state index in [2.05, 4.69) is 0 Å². The second kappa shape index (κ2) is 6.22. The maximum Gasteiger partial charge on any atom is 0.335 e. The van der Waals surface area contributed by atoms with Gasteiger partial charge in [0.1, 0.15) is 16.4 Å². The molecule has 10 heteroatoms. The van der Waals surface area contributed by atoms with Crippen LogP contribution in [-0.4, -0.2) is 44.3 Å². The molecule has 0 aliphatic rings. The molecule has 0 saturated heterocycles. The minimum atomic E-state index is -4.21. The van der Waals surface area contributed by atoms with Crippen LogP contribution >= 0.6 is 0 Å². The molecule has 0 unspecified atom stereocenters. The molecule has 0 aliphatic carbocycles. The maximum absolute atomic E-state index is 12.1. The number of hydrogen-bond acceptors (Lipinski definition) is 6. The molecule has 0 radical (unpaired) electrons. The Bertz CT molecular complexity index is 697. The molecule has 4 N–H and O–H groups in total. The van der Waals surface area contributed by atoms with Crippen molar-refractivity contribution in [2.24, 2.45) is 5.73 Å². The summed E-state index contributed by atoms with van der Waals surface area (Å²) in [6.45, 7) is 0. The lowest BCUT2D eigenvalue weighted by Crippen LogP contribution is -2.38. The van der Waals surface area contributed by atoms with E-state index in [9.17, 15) is 22.8 Å². The Kier molecular flexibility index (Phi) is 4.87. The lowest BCUT2D eigenvalue weighted by Gasteiger charge is -2.10. The average Bonchev–Trinajstić information content (AvgIpc) is 2.36. The number of hydrogen-bond donors (Lipinski definition) is 3. The number of carboxylic acid groups (broad SMARTS) is 1. The van der Waals surface area contributed by atoms with Crippen LogP contribution in [0, 0.1) is 0 Å². The largest absolute Gasteiger partial charge is 0.495 e. The monoisotopic (exact) mass is 316 g/mol. The lowest BCUT2D eigenvalue weighted by molar-refractivity contribution is -0.117. The van der Waals surface area contributed by atoms with Gasteiger partial charge in [-0.25, -0.2) is 18.0 Å². The first kappa shape index (κ1) is 16.4. The van der Waals surface area contributed by atoms with Gasteiger partial charge in [0.25, 0.3) is 0 Å². The topological polar surface area (TPSA) is 153 Å². The number of imide groups is 1. The minimum absolute atomic E-state index is 0.119. The van der Waals surface area contributed by atoms with Crippen LogP contribution in [0.1, 0.15) is 10.4 Å². The van der Waals surface area contributed by atoms with E-state index in [1.54, 1.807) is 5.32 Å². The Morgan fingerprint density at radius 1 is 1.33 bits per heavy atom. The summed E-state index contributed by atoms with van der Waals surface area (Å²) in [7, 11) is -3.02. The van der Waals surface area contributed by atoms with E-state index in [1.807, 2.05) is 0 Å². The van der Waals surface area contributed by atoms with Gasteiger partial charge >= 0.3 is 12.0 Å². The van der Waals surface area contributed by atoms with Crippen molar-refractivity contribution >= 4 is 27.7 Å². The van der Waals surface area contributed by atoms with E-state index < -0.39 is 38.4 Å². The normalized spacial score (nSPS) is 10.7. The molecule has 9 nitrogen and oxygen atoms in total. The number of sulfone groups is 1. The Labute approximate surface area is 119 Å². The Morgan fingerprint density at radius 2 is 1.95 bits per heavy atom. The third-order valence-electron chi connectivity index (χ3n) is 2.33. The van der Waals surface area contributed by atoms with Crippen molar-refractivity contribution in [2.75, 3.05) is 12.9 Å². The molecule has 1 aromatic rings. The number of benzene rings is 1. The van der Waals surface area contributed by atoms with Gasteiger partial charge in [0.15, 0.2) is 9.84 Å². The van der Waals surface area contributed by atoms with Crippen molar-refractivity contribution in [1.82, 2.24) is 5.32 Å². The van der Waals surface area contributed by atoms with E-state index in [-0.39, 0.29) is 11.3 Å². The van der Waals surface area contributed by atoms with Gasteiger partial charge in [-0.15, -0.1) is 0 Å².